The molecule has 0 radical (unpaired) electrons. The summed E-state index contributed by atoms with van der Waals surface area (Å²) in [6.45, 7) is 6.10. The van der Waals surface area contributed by atoms with Crippen LogP contribution >= 0.6 is 12.4 Å². The van der Waals surface area contributed by atoms with Gasteiger partial charge in [-0.1, -0.05) is 25.1 Å². The van der Waals surface area contributed by atoms with Crippen molar-refractivity contribution in [2.45, 2.75) is 20.3 Å². The highest BCUT2D eigenvalue weighted by Crippen LogP contribution is 2.20. The molecule has 1 aromatic carbocycles. The lowest BCUT2D eigenvalue weighted by atomic mass is 10.1. The minimum Gasteiger partial charge on any atom is -0.354 e. The first kappa shape index (κ1) is 12.8. The molecule has 1 aliphatic rings. The minimum absolute atomic E-state index is 0. The van der Waals surface area contributed by atoms with E-state index in [9.17, 15) is 0 Å². The molecule has 4 heteroatoms. The third kappa shape index (κ3) is 2.67. The molecule has 0 saturated carbocycles. The Labute approximate surface area is 103 Å². The van der Waals surface area contributed by atoms with Crippen LogP contribution in [0.5, 0.6) is 0 Å². The highest BCUT2D eigenvalue weighted by Gasteiger charge is 2.09. The highest BCUT2D eigenvalue weighted by atomic mass is 35.5. The molecule has 0 bridgehead atoms. The number of aliphatic imine (C=N–C) groups is 1. The van der Waals surface area contributed by atoms with Gasteiger partial charge in [0.05, 0.1) is 6.54 Å². The molecule has 1 aromatic rings. The molecule has 0 spiro atoms. The van der Waals surface area contributed by atoms with E-state index in [0.717, 1.165) is 25.5 Å². The number of anilines is 1. The van der Waals surface area contributed by atoms with Crippen molar-refractivity contribution in [1.82, 2.24) is 5.32 Å². The van der Waals surface area contributed by atoms with Crippen LogP contribution in [0.25, 0.3) is 0 Å². The van der Waals surface area contributed by atoms with Crippen molar-refractivity contribution in [1.29, 1.82) is 0 Å². The number of hydrogen-bond donors (Lipinski definition) is 2. The molecule has 0 aliphatic carbocycles. The number of halogens is 1. The van der Waals surface area contributed by atoms with Crippen LogP contribution in [0.3, 0.4) is 0 Å². The van der Waals surface area contributed by atoms with Crippen LogP contribution in [-0.4, -0.2) is 19.0 Å². The second-order valence-electron chi connectivity index (χ2n) is 3.74. The van der Waals surface area contributed by atoms with Crippen molar-refractivity contribution >= 4 is 24.1 Å². The number of aryl methyl sites for hydroxylation is 2. The first-order valence-corrected chi connectivity index (χ1v) is 5.45. The van der Waals surface area contributed by atoms with Gasteiger partial charge in [-0.15, -0.1) is 12.4 Å². The molecule has 0 unspecified atom stereocenters. The third-order valence-corrected chi connectivity index (χ3v) is 2.66. The van der Waals surface area contributed by atoms with Crippen LogP contribution in [0.4, 0.5) is 5.69 Å². The summed E-state index contributed by atoms with van der Waals surface area (Å²) in [5.74, 6) is 0.902. The Bertz CT molecular complexity index is 388. The average Bonchev–Trinajstić information content (AvgIpc) is 2.74. The van der Waals surface area contributed by atoms with Gasteiger partial charge in [-0.05, 0) is 24.5 Å². The predicted molar refractivity (Wildman–Crippen MR) is 71.7 cm³/mol. The Morgan fingerprint density at radius 2 is 2.25 bits per heavy atom. The Morgan fingerprint density at radius 1 is 1.44 bits per heavy atom. The van der Waals surface area contributed by atoms with Crippen molar-refractivity contribution in [3.8, 4) is 0 Å². The van der Waals surface area contributed by atoms with Crippen LogP contribution in [0.1, 0.15) is 18.1 Å². The van der Waals surface area contributed by atoms with Crippen molar-refractivity contribution in [3.05, 3.63) is 29.3 Å². The van der Waals surface area contributed by atoms with Gasteiger partial charge in [0.2, 0.25) is 0 Å². The molecular weight excluding hydrogens is 222 g/mol. The van der Waals surface area contributed by atoms with E-state index in [1.807, 2.05) is 0 Å². The molecule has 1 aliphatic heterocycles. The maximum atomic E-state index is 4.34. The van der Waals surface area contributed by atoms with Crippen LogP contribution in [0, 0.1) is 6.92 Å². The molecule has 0 aromatic heterocycles. The Balaban J connectivity index is 0.00000128. The van der Waals surface area contributed by atoms with Crippen LogP contribution in [-0.2, 0) is 6.42 Å². The topological polar surface area (TPSA) is 36.4 Å². The molecule has 0 amide bonds. The lowest BCUT2D eigenvalue weighted by Crippen LogP contribution is -2.27. The second kappa shape index (κ2) is 5.75. The third-order valence-electron chi connectivity index (χ3n) is 2.66. The van der Waals surface area contributed by atoms with E-state index in [1.165, 1.54) is 16.8 Å². The van der Waals surface area contributed by atoms with Crippen molar-refractivity contribution in [3.63, 3.8) is 0 Å². The number of nitrogens with one attached hydrogen (secondary N) is 2. The normalized spacial score (nSPS) is 13.8. The molecule has 3 nitrogen and oxygen atoms in total. The van der Waals surface area contributed by atoms with Gasteiger partial charge in [0.1, 0.15) is 0 Å². The van der Waals surface area contributed by atoms with Gasteiger partial charge in [-0.25, -0.2) is 0 Å². The summed E-state index contributed by atoms with van der Waals surface area (Å²) in [4.78, 5) is 4.34. The number of hydrogen-bond acceptors (Lipinski definition) is 3. The van der Waals surface area contributed by atoms with Gasteiger partial charge in [0.25, 0.3) is 0 Å². The maximum Gasteiger partial charge on any atom is 0.195 e. The number of nitrogens with zero attached hydrogens (tertiary/aromatic N) is 1. The Hall–Kier alpha value is -1.22. The van der Waals surface area contributed by atoms with Gasteiger partial charge in [0.15, 0.2) is 5.96 Å². The molecule has 16 heavy (non-hydrogen) atoms. The van der Waals surface area contributed by atoms with E-state index in [4.69, 9.17) is 0 Å². The number of benzene rings is 1. The number of guanidine groups is 1. The molecule has 2 N–H and O–H groups in total. The van der Waals surface area contributed by atoms with Crippen molar-refractivity contribution in [2.75, 3.05) is 18.4 Å². The highest BCUT2D eigenvalue weighted by molar-refractivity contribution is 5.95. The summed E-state index contributed by atoms with van der Waals surface area (Å²) >= 11 is 0. The smallest absolute Gasteiger partial charge is 0.195 e. The predicted octanol–water partition coefficient (Wildman–Crippen LogP) is 2.35. The molecule has 0 fully saturated rings. The van der Waals surface area contributed by atoms with Gasteiger partial charge in [-0.3, -0.25) is 4.99 Å². The summed E-state index contributed by atoms with van der Waals surface area (Å²) in [7, 11) is 0. The summed E-state index contributed by atoms with van der Waals surface area (Å²) < 4.78 is 0. The average molecular weight is 240 g/mol. The molecule has 0 saturated heterocycles. The largest absolute Gasteiger partial charge is 0.354 e. The first-order chi connectivity index (χ1) is 7.31. The van der Waals surface area contributed by atoms with E-state index in [0.29, 0.717) is 0 Å². The van der Waals surface area contributed by atoms with E-state index in [2.05, 4.69) is 47.7 Å². The zero-order valence-corrected chi connectivity index (χ0v) is 10.5. The summed E-state index contributed by atoms with van der Waals surface area (Å²) in [5.41, 5.74) is 3.81. The molecule has 0 atom stereocenters. The standard InChI is InChI=1S/C12H17N3.ClH/c1-3-10-6-4-5-9(2)11(10)15-12-13-7-8-14-12;/h4-6H,3,7-8H2,1-2H3,(H2,13,14,15);1H. The van der Waals surface area contributed by atoms with Gasteiger partial charge < -0.3 is 10.6 Å². The zero-order valence-electron chi connectivity index (χ0n) is 9.71. The fourth-order valence-electron chi connectivity index (χ4n) is 1.80. The first-order valence-electron chi connectivity index (χ1n) is 5.45. The molecular formula is C12H18ClN3. The van der Waals surface area contributed by atoms with E-state index in [1.54, 1.807) is 0 Å². The summed E-state index contributed by atoms with van der Waals surface area (Å²) in [6.07, 6.45) is 1.04. The summed E-state index contributed by atoms with van der Waals surface area (Å²) in [5, 5.41) is 6.59. The summed E-state index contributed by atoms with van der Waals surface area (Å²) in [6, 6.07) is 6.38. The monoisotopic (exact) mass is 239 g/mol. The quantitative estimate of drug-likeness (QED) is 0.831. The Kier molecular flexibility index (Phi) is 4.62. The van der Waals surface area contributed by atoms with Crippen LogP contribution in [0.15, 0.2) is 23.2 Å². The number of para-hydroxylation sites is 1. The number of rotatable bonds is 2. The molecule has 1 heterocycles. The van der Waals surface area contributed by atoms with E-state index >= 15 is 0 Å². The van der Waals surface area contributed by atoms with Gasteiger partial charge >= 0.3 is 0 Å². The SMILES string of the molecule is CCc1cccc(C)c1NC1=NCCN1.Cl. The second-order valence-corrected chi connectivity index (χ2v) is 3.74. The lowest BCUT2D eigenvalue weighted by molar-refractivity contribution is 0.958. The van der Waals surface area contributed by atoms with E-state index in [-0.39, 0.29) is 12.4 Å². The fraction of sp³-hybridized carbons (Fsp3) is 0.417. The molecule has 88 valence electrons. The fourth-order valence-corrected chi connectivity index (χ4v) is 1.80. The Morgan fingerprint density at radius 3 is 2.88 bits per heavy atom. The molecule has 2 rings (SSSR count). The van der Waals surface area contributed by atoms with Crippen LogP contribution < -0.4 is 10.6 Å². The van der Waals surface area contributed by atoms with E-state index < -0.39 is 0 Å². The van der Waals surface area contributed by atoms with Gasteiger partial charge in [-0.2, -0.15) is 0 Å². The minimum atomic E-state index is 0. The lowest BCUT2D eigenvalue weighted by Gasteiger charge is -2.13. The van der Waals surface area contributed by atoms with Crippen molar-refractivity contribution in [2.24, 2.45) is 4.99 Å². The van der Waals surface area contributed by atoms with Gasteiger partial charge in [0, 0.05) is 12.2 Å². The zero-order chi connectivity index (χ0) is 10.7. The van der Waals surface area contributed by atoms with Crippen LogP contribution in [0.2, 0.25) is 0 Å². The maximum absolute atomic E-state index is 4.34. The van der Waals surface area contributed by atoms with Crippen molar-refractivity contribution < 1.29 is 0 Å².